The standard InChI is InChI=1S/C7H13NO2/c1-2-4-7(10)8-5-3-6-9/h6H,2-5H2,1H3,(H,8,10). The molecule has 0 aromatic rings. The summed E-state index contributed by atoms with van der Waals surface area (Å²) in [5.74, 6) is 0.0318. The van der Waals surface area contributed by atoms with Gasteiger partial charge in [0, 0.05) is 19.4 Å². The van der Waals surface area contributed by atoms with Gasteiger partial charge in [0.1, 0.15) is 6.29 Å². The van der Waals surface area contributed by atoms with E-state index in [9.17, 15) is 9.59 Å². The van der Waals surface area contributed by atoms with E-state index in [4.69, 9.17) is 0 Å². The molecule has 10 heavy (non-hydrogen) atoms. The first-order valence-electron chi connectivity index (χ1n) is 3.51. The second kappa shape index (κ2) is 6.26. The van der Waals surface area contributed by atoms with E-state index in [-0.39, 0.29) is 5.91 Å². The maximum Gasteiger partial charge on any atom is 0.219 e. The van der Waals surface area contributed by atoms with Gasteiger partial charge in [-0.25, -0.2) is 0 Å². The van der Waals surface area contributed by atoms with Gasteiger partial charge in [-0.05, 0) is 6.42 Å². The molecule has 0 fully saturated rings. The summed E-state index contributed by atoms with van der Waals surface area (Å²) in [6.45, 7) is 2.42. The summed E-state index contributed by atoms with van der Waals surface area (Å²) in [4.78, 5) is 20.5. The minimum atomic E-state index is 0.0318. The van der Waals surface area contributed by atoms with Crippen molar-refractivity contribution in [2.45, 2.75) is 26.2 Å². The maximum atomic E-state index is 10.7. The summed E-state index contributed by atoms with van der Waals surface area (Å²) in [5.41, 5.74) is 0. The molecule has 0 aliphatic heterocycles. The molecule has 0 bridgehead atoms. The second-order valence-corrected chi connectivity index (χ2v) is 2.06. The van der Waals surface area contributed by atoms with Gasteiger partial charge in [-0.3, -0.25) is 4.79 Å². The molecular formula is C7H13NO2. The molecule has 1 N–H and O–H groups in total. The largest absolute Gasteiger partial charge is 0.356 e. The maximum absolute atomic E-state index is 10.7. The van der Waals surface area contributed by atoms with E-state index in [1.165, 1.54) is 0 Å². The van der Waals surface area contributed by atoms with Crippen LogP contribution in [0.1, 0.15) is 26.2 Å². The molecule has 1 amide bonds. The van der Waals surface area contributed by atoms with Crippen LogP contribution < -0.4 is 5.32 Å². The lowest BCUT2D eigenvalue weighted by Crippen LogP contribution is -2.23. The van der Waals surface area contributed by atoms with Crippen LogP contribution in [0.3, 0.4) is 0 Å². The number of rotatable bonds is 5. The summed E-state index contributed by atoms with van der Waals surface area (Å²) in [5, 5.41) is 2.61. The highest BCUT2D eigenvalue weighted by molar-refractivity contribution is 5.75. The first-order valence-corrected chi connectivity index (χ1v) is 3.51. The Hall–Kier alpha value is -0.860. The zero-order valence-electron chi connectivity index (χ0n) is 6.22. The van der Waals surface area contributed by atoms with Crippen LogP contribution in [0.25, 0.3) is 0 Å². The zero-order valence-corrected chi connectivity index (χ0v) is 6.22. The van der Waals surface area contributed by atoms with Crippen LogP contribution in [0.2, 0.25) is 0 Å². The van der Waals surface area contributed by atoms with Gasteiger partial charge in [-0.1, -0.05) is 6.92 Å². The van der Waals surface area contributed by atoms with E-state index in [0.29, 0.717) is 19.4 Å². The number of hydrogen-bond acceptors (Lipinski definition) is 2. The first kappa shape index (κ1) is 9.14. The number of hydrogen-bond donors (Lipinski definition) is 1. The Kier molecular flexibility index (Phi) is 5.72. The quantitative estimate of drug-likeness (QED) is 0.449. The third-order valence-corrected chi connectivity index (χ3v) is 1.06. The van der Waals surface area contributed by atoms with E-state index >= 15 is 0 Å². The molecule has 3 nitrogen and oxygen atoms in total. The average Bonchev–Trinajstić information content (AvgIpc) is 1.89. The Morgan fingerprint density at radius 2 is 2.30 bits per heavy atom. The number of carbonyl (C=O) groups excluding carboxylic acids is 2. The molecule has 0 spiro atoms. The van der Waals surface area contributed by atoms with Gasteiger partial charge in [-0.2, -0.15) is 0 Å². The summed E-state index contributed by atoms with van der Waals surface area (Å²) in [6, 6.07) is 0. The average molecular weight is 143 g/mol. The molecule has 0 aliphatic rings. The number of amides is 1. The van der Waals surface area contributed by atoms with Crippen molar-refractivity contribution in [3.63, 3.8) is 0 Å². The molecule has 0 unspecified atom stereocenters. The van der Waals surface area contributed by atoms with Crippen molar-refractivity contribution >= 4 is 12.2 Å². The fourth-order valence-electron chi connectivity index (χ4n) is 0.586. The molecule has 3 heteroatoms. The molecule has 0 aliphatic carbocycles. The normalized spacial score (nSPS) is 8.90. The van der Waals surface area contributed by atoms with E-state index in [1.54, 1.807) is 0 Å². The lowest BCUT2D eigenvalue weighted by molar-refractivity contribution is -0.121. The fourth-order valence-corrected chi connectivity index (χ4v) is 0.586. The van der Waals surface area contributed by atoms with Gasteiger partial charge < -0.3 is 10.1 Å². The van der Waals surface area contributed by atoms with Crippen LogP contribution in [0.4, 0.5) is 0 Å². The van der Waals surface area contributed by atoms with Crippen molar-refractivity contribution in [1.29, 1.82) is 0 Å². The van der Waals surface area contributed by atoms with Gasteiger partial charge in [0.25, 0.3) is 0 Å². The highest BCUT2D eigenvalue weighted by Gasteiger charge is 1.95. The third kappa shape index (κ3) is 5.28. The Morgan fingerprint density at radius 1 is 1.60 bits per heavy atom. The Balaban J connectivity index is 3.13. The Bertz CT molecular complexity index is 112. The van der Waals surface area contributed by atoms with E-state index in [1.807, 2.05) is 6.92 Å². The zero-order chi connectivity index (χ0) is 7.82. The molecule has 0 heterocycles. The minimum absolute atomic E-state index is 0.0318. The number of carbonyl (C=O) groups is 2. The molecule has 0 aromatic heterocycles. The number of aldehydes is 1. The van der Waals surface area contributed by atoms with E-state index in [0.717, 1.165) is 12.7 Å². The van der Waals surface area contributed by atoms with Crippen LogP contribution in [0, 0.1) is 0 Å². The SMILES string of the molecule is CCCC(=O)NCCC=O. The van der Waals surface area contributed by atoms with Gasteiger partial charge in [0.2, 0.25) is 5.91 Å². The molecule has 58 valence electrons. The molecular weight excluding hydrogens is 130 g/mol. The van der Waals surface area contributed by atoms with Crippen LogP contribution in [-0.2, 0) is 9.59 Å². The van der Waals surface area contributed by atoms with Crippen molar-refractivity contribution in [3.05, 3.63) is 0 Å². The van der Waals surface area contributed by atoms with Gasteiger partial charge in [-0.15, -0.1) is 0 Å². The summed E-state index contributed by atoms with van der Waals surface area (Å²) in [7, 11) is 0. The Labute approximate surface area is 60.8 Å². The Morgan fingerprint density at radius 3 is 2.80 bits per heavy atom. The van der Waals surface area contributed by atoms with Crippen molar-refractivity contribution in [3.8, 4) is 0 Å². The van der Waals surface area contributed by atoms with E-state index in [2.05, 4.69) is 5.32 Å². The van der Waals surface area contributed by atoms with Crippen LogP contribution in [-0.4, -0.2) is 18.7 Å². The summed E-state index contributed by atoms with van der Waals surface area (Å²) in [6.07, 6.45) is 2.62. The van der Waals surface area contributed by atoms with Crippen molar-refractivity contribution in [1.82, 2.24) is 5.32 Å². The van der Waals surface area contributed by atoms with Crippen molar-refractivity contribution in [2.24, 2.45) is 0 Å². The van der Waals surface area contributed by atoms with Crippen molar-refractivity contribution < 1.29 is 9.59 Å². The second-order valence-electron chi connectivity index (χ2n) is 2.06. The predicted molar refractivity (Wildman–Crippen MR) is 38.6 cm³/mol. The van der Waals surface area contributed by atoms with Gasteiger partial charge in [0.15, 0.2) is 0 Å². The lowest BCUT2D eigenvalue weighted by Gasteiger charge is -1.98. The molecule has 0 atom stereocenters. The molecule has 0 aromatic carbocycles. The van der Waals surface area contributed by atoms with E-state index < -0.39 is 0 Å². The lowest BCUT2D eigenvalue weighted by atomic mass is 10.3. The topological polar surface area (TPSA) is 46.2 Å². The molecule has 0 rings (SSSR count). The third-order valence-electron chi connectivity index (χ3n) is 1.06. The smallest absolute Gasteiger partial charge is 0.219 e. The predicted octanol–water partition coefficient (Wildman–Crippen LogP) is 0.492. The van der Waals surface area contributed by atoms with Gasteiger partial charge >= 0.3 is 0 Å². The van der Waals surface area contributed by atoms with Crippen LogP contribution in [0.15, 0.2) is 0 Å². The molecule has 0 saturated heterocycles. The summed E-state index contributed by atoms with van der Waals surface area (Å²) < 4.78 is 0. The molecule has 0 radical (unpaired) electrons. The number of nitrogens with one attached hydrogen (secondary N) is 1. The first-order chi connectivity index (χ1) is 4.81. The summed E-state index contributed by atoms with van der Waals surface area (Å²) >= 11 is 0. The van der Waals surface area contributed by atoms with Crippen molar-refractivity contribution in [2.75, 3.05) is 6.54 Å². The minimum Gasteiger partial charge on any atom is -0.356 e. The highest BCUT2D eigenvalue weighted by Crippen LogP contribution is 1.84. The monoisotopic (exact) mass is 143 g/mol. The van der Waals surface area contributed by atoms with Crippen LogP contribution in [0.5, 0.6) is 0 Å². The fraction of sp³-hybridized carbons (Fsp3) is 0.714. The van der Waals surface area contributed by atoms with Gasteiger partial charge in [0.05, 0.1) is 0 Å². The van der Waals surface area contributed by atoms with Crippen LogP contribution >= 0.6 is 0 Å². The highest BCUT2D eigenvalue weighted by atomic mass is 16.1. The molecule has 0 saturated carbocycles.